The van der Waals surface area contributed by atoms with E-state index in [1.54, 1.807) is 6.20 Å². The third-order valence-corrected chi connectivity index (χ3v) is 4.73. The molecule has 2 amide bonds. The van der Waals surface area contributed by atoms with E-state index in [1.165, 1.54) is 32.4 Å². The summed E-state index contributed by atoms with van der Waals surface area (Å²) in [6, 6.07) is 13.6. The molecule has 2 aromatic rings. The molecule has 0 atom stereocenters. The summed E-state index contributed by atoms with van der Waals surface area (Å²) in [5.41, 5.74) is 2.67. The summed E-state index contributed by atoms with van der Waals surface area (Å²) in [5.74, 6) is 0. The molecule has 2 heterocycles. The van der Waals surface area contributed by atoms with E-state index in [0.717, 1.165) is 30.6 Å². The second kappa shape index (κ2) is 11.6. The van der Waals surface area contributed by atoms with Gasteiger partial charge in [0, 0.05) is 12.1 Å². The Hall–Kier alpha value is -2.11. The van der Waals surface area contributed by atoms with Gasteiger partial charge in [0.1, 0.15) is 0 Å². The molecule has 1 aromatic carbocycles. The van der Waals surface area contributed by atoms with Gasteiger partial charge < -0.3 is 15.5 Å². The molecule has 0 saturated carbocycles. The summed E-state index contributed by atoms with van der Waals surface area (Å²) in [6.45, 7) is 4.32. The van der Waals surface area contributed by atoms with E-state index < -0.39 is 0 Å². The molecule has 27 heavy (non-hydrogen) atoms. The van der Waals surface area contributed by atoms with Crippen LogP contribution < -0.4 is 10.6 Å². The Morgan fingerprint density at radius 2 is 1.78 bits per heavy atom. The van der Waals surface area contributed by atoms with Crippen molar-refractivity contribution in [3.63, 3.8) is 0 Å². The van der Waals surface area contributed by atoms with Crippen molar-refractivity contribution in [2.75, 3.05) is 31.5 Å². The van der Waals surface area contributed by atoms with Gasteiger partial charge in [-0.25, -0.2) is 4.79 Å². The van der Waals surface area contributed by atoms with Gasteiger partial charge in [-0.3, -0.25) is 4.98 Å². The first-order valence-electron chi connectivity index (χ1n) is 9.60. The van der Waals surface area contributed by atoms with Crippen LogP contribution in [-0.2, 0) is 0 Å². The van der Waals surface area contributed by atoms with E-state index in [0.29, 0.717) is 12.2 Å². The molecule has 5 nitrogen and oxygen atoms in total. The van der Waals surface area contributed by atoms with Gasteiger partial charge in [-0.15, -0.1) is 12.4 Å². The van der Waals surface area contributed by atoms with Crippen molar-refractivity contribution >= 4 is 24.1 Å². The highest BCUT2D eigenvalue weighted by molar-refractivity contribution is 5.89. The second-order valence-electron chi connectivity index (χ2n) is 6.79. The van der Waals surface area contributed by atoms with E-state index >= 15 is 0 Å². The number of aromatic nitrogens is 1. The third kappa shape index (κ3) is 7.19. The maximum absolute atomic E-state index is 12.0. The van der Waals surface area contributed by atoms with Crippen LogP contribution >= 0.6 is 12.4 Å². The van der Waals surface area contributed by atoms with Gasteiger partial charge in [0.15, 0.2) is 0 Å². The Bertz CT molecular complexity index is 672. The molecule has 0 bridgehead atoms. The normalized spacial score (nSPS) is 14.2. The molecule has 2 N–H and O–H groups in total. The molecular weight excluding hydrogens is 360 g/mol. The highest BCUT2D eigenvalue weighted by Gasteiger charge is 2.09. The number of nitrogens with one attached hydrogen (secondary N) is 2. The molecule has 0 spiro atoms. The molecule has 1 aliphatic heterocycles. The standard InChI is InChI=1S/C21H28N4O.ClH/c26-21(22-13-5-8-16-25-14-6-2-7-15-25)24-19-11-12-20(23-17-19)18-9-3-1-4-10-18;/h1,3-4,9-12,17H,2,5-8,13-16H2,(H2,22,24,26);1H. The average molecular weight is 389 g/mol. The first-order valence-corrected chi connectivity index (χ1v) is 9.60. The summed E-state index contributed by atoms with van der Waals surface area (Å²) in [4.78, 5) is 18.9. The van der Waals surface area contributed by atoms with Crippen molar-refractivity contribution in [2.24, 2.45) is 0 Å². The van der Waals surface area contributed by atoms with Crippen LogP contribution in [-0.4, -0.2) is 42.1 Å². The van der Waals surface area contributed by atoms with Crippen molar-refractivity contribution < 1.29 is 4.79 Å². The molecule has 1 fully saturated rings. The number of anilines is 1. The summed E-state index contributed by atoms with van der Waals surface area (Å²) in [6.07, 6.45) is 7.87. The van der Waals surface area contributed by atoms with Gasteiger partial charge >= 0.3 is 6.03 Å². The number of unbranched alkanes of at least 4 members (excludes halogenated alkanes) is 1. The number of carbonyl (C=O) groups excluding carboxylic acids is 1. The lowest BCUT2D eigenvalue weighted by Gasteiger charge is -2.26. The van der Waals surface area contributed by atoms with Crippen molar-refractivity contribution in [1.82, 2.24) is 15.2 Å². The van der Waals surface area contributed by atoms with Crippen molar-refractivity contribution in [3.05, 3.63) is 48.7 Å². The van der Waals surface area contributed by atoms with Gasteiger partial charge in [-0.2, -0.15) is 0 Å². The molecule has 3 rings (SSSR count). The van der Waals surface area contributed by atoms with Crippen molar-refractivity contribution in [3.8, 4) is 11.3 Å². The van der Waals surface area contributed by atoms with Crippen LogP contribution in [0.5, 0.6) is 0 Å². The first-order chi connectivity index (χ1) is 12.8. The molecule has 146 valence electrons. The number of pyridine rings is 1. The van der Waals surface area contributed by atoms with Gasteiger partial charge in [0.05, 0.1) is 17.6 Å². The van der Waals surface area contributed by atoms with Crippen LogP contribution in [0, 0.1) is 0 Å². The number of halogens is 1. The minimum absolute atomic E-state index is 0. The smallest absolute Gasteiger partial charge is 0.319 e. The van der Waals surface area contributed by atoms with E-state index in [2.05, 4.69) is 20.5 Å². The highest BCUT2D eigenvalue weighted by Crippen LogP contribution is 2.17. The highest BCUT2D eigenvalue weighted by atomic mass is 35.5. The number of hydrogen-bond donors (Lipinski definition) is 2. The summed E-state index contributed by atoms with van der Waals surface area (Å²) < 4.78 is 0. The predicted molar refractivity (Wildman–Crippen MR) is 113 cm³/mol. The second-order valence-corrected chi connectivity index (χ2v) is 6.79. The maximum atomic E-state index is 12.0. The van der Waals surface area contributed by atoms with Crippen LogP contribution in [0.3, 0.4) is 0 Å². The van der Waals surface area contributed by atoms with Crippen molar-refractivity contribution in [2.45, 2.75) is 32.1 Å². The Morgan fingerprint density at radius 1 is 1.00 bits per heavy atom. The summed E-state index contributed by atoms with van der Waals surface area (Å²) in [7, 11) is 0. The average Bonchev–Trinajstić information content (AvgIpc) is 2.70. The van der Waals surface area contributed by atoms with Gasteiger partial charge in [0.2, 0.25) is 0 Å². The Balaban J connectivity index is 0.00000261. The number of hydrogen-bond acceptors (Lipinski definition) is 3. The topological polar surface area (TPSA) is 57.3 Å². The molecule has 0 unspecified atom stereocenters. The number of urea groups is 1. The van der Waals surface area contributed by atoms with Crippen LogP contribution in [0.1, 0.15) is 32.1 Å². The van der Waals surface area contributed by atoms with Crippen LogP contribution in [0.2, 0.25) is 0 Å². The fraction of sp³-hybridized carbons (Fsp3) is 0.429. The van der Waals surface area contributed by atoms with Crippen LogP contribution in [0.25, 0.3) is 11.3 Å². The van der Waals surface area contributed by atoms with Crippen LogP contribution in [0.15, 0.2) is 48.7 Å². The monoisotopic (exact) mass is 388 g/mol. The predicted octanol–water partition coefficient (Wildman–Crippen LogP) is 4.56. The maximum Gasteiger partial charge on any atom is 0.319 e. The zero-order chi connectivity index (χ0) is 18.0. The lowest BCUT2D eigenvalue weighted by atomic mass is 10.1. The molecule has 1 aliphatic rings. The third-order valence-electron chi connectivity index (χ3n) is 4.73. The molecule has 0 radical (unpaired) electrons. The SMILES string of the molecule is Cl.O=C(NCCCCN1CCCCC1)Nc1ccc(-c2ccccc2)nc1. The Morgan fingerprint density at radius 3 is 2.48 bits per heavy atom. The molecular formula is C21H29ClN4O. The van der Waals surface area contributed by atoms with E-state index in [1.807, 2.05) is 42.5 Å². The van der Waals surface area contributed by atoms with Gasteiger partial charge in [0.25, 0.3) is 0 Å². The number of nitrogens with zero attached hydrogens (tertiary/aromatic N) is 2. The van der Waals surface area contributed by atoms with E-state index in [-0.39, 0.29) is 18.4 Å². The van der Waals surface area contributed by atoms with Crippen molar-refractivity contribution in [1.29, 1.82) is 0 Å². The minimum Gasteiger partial charge on any atom is -0.338 e. The fourth-order valence-corrected chi connectivity index (χ4v) is 3.27. The molecule has 1 saturated heterocycles. The molecule has 0 aliphatic carbocycles. The number of carbonyl (C=O) groups is 1. The zero-order valence-electron chi connectivity index (χ0n) is 15.7. The summed E-state index contributed by atoms with van der Waals surface area (Å²) in [5, 5.41) is 5.76. The Labute approximate surface area is 168 Å². The van der Waals surface area contributed by atoms with E-state index in [4.69, 9.17) is 0 Å². The number of likely N-dealkylation sites (tertiary alicyclic amines) is 1. The Kier molecular flexibility index (Phi) is 9.08. The fourth-order valence-electron chi connectivity index (χ4n) is 3.27. The number of rotatable bonds is 7. The quantitative estimate of drug-likeness (QED) is 0.683. The van der Waals surface area contributed by atoms with E-state index in [9.17, 15) is 4.79 Å². The number of benzene rings is 1. The minimum atomic E-state index is -0.169. The summed E-state index contributed by atoms with van der Waals surface area (Å²) >= 11 is 0. The molecule has 1 aromatic heterocycles. The van der Waals surface area contributed by atoms with Gasteiger partial charge in [-0.05, 0) is 57.5 Å². The van der Waals surface area contributed by atoms with Gasteiger partial charge in [-0.1, -0.05) is 36.8 Å². The zero-order valence-corrected chi connectivity index (χ0v) is 16.5. The molecule has 6 heteroatoms. The lowest BCUT2D eigenvalue weighted by molar-refractivity contribution is 0.224. The largest absolute Gasteiger partial charge is 0.338 e. The number of piperidine rings is 1. The van der Waals surface area contributed by atoms with Crippen LogP contribution in [0.4, 0.5) is 10.5 Å². The number of amides is 2. The lowest BCUT2D eigenvalue weighted by Crippen LogP contribution is -2.32. The first kappa shape index (κ1) is 21.2.